The largest absolute Gasteiger partial charge is 0.377 e. The molecule has 3 heteroatoms. The third kappa shape index (κ3) is 2.94. The molecule has 0 radical (unpaired) electrons. The average molecular weight is 198 g/mol. The van der Waals surface area contributed by atoms with E-state index < -0.39 is 0 Å². The first-order chi connectivity index (χ1) is 6.84. The number of hydrogen-bond donors (Lipinski definition) is 1. The van der Waals surface area contributed by atoms with Crippen LogP contribution in [0.1, 0.15) is 19.3 Å². The van der Waals surface area contributed by atoms with Crippen LogP contribution in [0.25, 0.3) is 0 Å². The minimum absolute atomic E-state index is 0.513. The lowest BCUT2D eigenvalue weighted by Gasteiger charge is -2.29. The summed E-state index contributed by atoms with van der Waals surface area (Å²) in [5.41, 5.74) is 0. The van der Waals surface area contributed by atoms with Gasteiger partial charge in [0, 0.05) is 13.2 Å². The second kappa shape index (κ2) is 5.10. The molecule has 2 saturated heterocycles. The van der Waals surface area contributed by atoms with E-state index in [2.05, 4.69) is 17.3 Å². The highest BCUT2D eigenvalue weighted by atomic mass is 16.5. The third-order valence-corrected chi connectivity index (χ3v) is 3.32. The van der Waals surface area contributed by atoms with Crippen LogP contribution in [0.4, 0.5) is 0 Å². The zero-order valence-electron chi connectivity index (χ0n) is 9.17. The highest BCUT2D eigenvalue weighted by molar-refractivity contribution is 4.76. The monoisotopic (exact) mass is 198 g/mol. The van der Waals surface area contributed by atoms with Gasteiger partial charge in [-0.1, -0.05) is 0 Å². The van der Waals surface area contributed by atoms with Gasteiger partial charge in [-0.25, -0.2) is 0 Å². The fraction of sp³-hybridized carbons (Fsp3) is 1.00. The Bertz CT molecular complexity index is 165. The van der Waals surface area contributed by atoms with Gasteiger partial charge >= 0.3 is 0 Å². The first-order valence-corrected chi connectivity index (χ1v) is 5.85. The quantitative estimate of drug-likeness (QED) is 0.704. The van der Waals surface area contributed by atoms with Crippen LogP contribution >= 0.6 is 0 Å². The molecule has 1 N–H and O–H groups in total. The maximum atomic E-state index is 5.62. The van der Waals surface area contributed by atoms with Crippen molar-refractivity contribution in [2.24, 2.45) is 5.92 Å². The highest BCUT2D eigenvalue weighted by Gasteiger charge is 2.19. The van der Waals surface area contributed by atoms with Gasteiger partial charge in [0.1, 0.15) is 0 Å². The molecule has 0 spiro atoms. The number of likely N-dealkylation sites (N-methyl/N-ethyl adjacent to an activating group) is 1. The van der Waals surface area contributed by atoms with Gasteiger partial charge in [-0.3, -0.25) is 0 Å². The molecule has 3 nitrogen and oxygen atoms in total. The van der Waals surface area contributed by atoms with Crippen molar-refractivity contribution < 1.29 is 4.74 Å². The van der Waals surface area contributed by atoms with Crippen molar-refractivity contribution in [3.63, 3.8) is 0 Å². The average Bonchev–Trinajstić information content (AvgIpc) is 2.54. The standard InChI is InChI=1S/C11H22N2O/c1-13(5-4-10-7-12-8-10)9-11-3-2-6-14-11/h10-12H,2-9H2,1H3. The molecular weight excluding hydrogens is 176 g/mol. The smallest absolute Gasteiger partial charge is 0.0702 e. The maximum Gasteiger partial charge on any atom is 0.0702 e. The summed E-state index contributed by atoms with van der Waals surface area (Å²) < 4.78 is 5.62. The van der Waals surface area contributed by atoms with E-state index in [1.807, 2.05) is 0 Å². The van der Waals surface area contributed by atoms with Gasteiger partial charge in [-0.05, 0) is 51.9 Å². The van der Waals surface area contributed by atoms with Crippen LogP contribution in [-0.2, 0) is 4.74 Å². The predicted octanol–water partition coefficient (Wildman–Crippen LogP) is 0.707. The lowest BCUT2D eigenvalue weighted by molar-refractivity contribution is 0.0786. The number of nitrogens with one attached hydrogen (secondary N) is 1. The van der Waals surface area contributed by atoms with E-state index in [0.717, 1.165) is 19.1 Å². The summed E-state index contributed by atoms with van der Waals surface area (Å²) in [7, 11) is 2.22. The van der Waals surface area contributed by atoms with Crippen LogP contribution in [0.5, 0.6) is 0 Å². The molecular formula is C11H22N2O. The predicted molar refractivity (Wildman–Crippen MR) is 57.4 cm³/mol. The molecule has 2 fully saturated rings. The van der Waals surface area contributed by atoms with Crippen LogP contribution < -0.4 is 5.32 Å². The zero-order valence-corrected chi connectivity index (χ0v) is 9.17. The van der Waals surface area contributed by atoms with E-state index in [0.29, 0.717) is 6.10 Å². The Morgan fingerprint density at radius 1 is 1.43 bits per heavy atom. The molecule has 0 bridgehead atoms. The second-order valence-corrected chi connectivity index (χ2v) is 4.71. The Kier molecular flexibility index (Phi) is 3.79. The molecule has 82 valence electrons. The number of hydrogen-bond acceptors (Lipinski definition) is 3. The lowest BCUT2D eigenvalue weighted by Crippen LogP contribution is -2.43. The fourth-order valence-electron chi connectivity index (χ4n) is 2.18. The normalized spacial score (nSPS) is 28.3. The Labute approximate surface area is 86.8 Å². The van der Waals surface area contributed by atoms with Crippen molar-refractivity contribution in [1.82, 2.24) is 10.2 Å². The van der Waals surface area contributed by atoms with Crippen molar-refractivity contribution in [2.75, 3.05) is 39.8 Å². The van der Waals surface area contributed by atoms with Crippen LogP contribution in [0, 0.1) is 5.92 Å². The maximum absolute atomic E-state index is 5.62. The zero-order chi connectivity index (χ0) is 9.80. The molecule has 2 rings (SSSR count). The lowest BCUT2D eigenvalue weighted by atomic mass is 9.99. The molecule has 14 heavy (non-hydrogen) atoms. The molecule has 0 aliphatic carbocycles. The molecule has 2 heterocycles. The van der Waals surface area contributed by atoms with Crippen LogP contribution in [-0.4, -0.2) is 50.8 Å². The first-order valence-electron chi connectivity index (χ1n) is 5.85. The Morgan fingerprint density at radius 2 is 2.29 bits per heavy atom. The Hall–Kier alpha value is -0.120. The summed E-state index contributed by atoms with van der Waals surface area (Å²) in [5.74, 6) is 0.932. The molecule has 0 aromatic rings. The Morgan fingerprint density at radius 3 is 2.86 bits per heavy atom. The van der Waals surface area contributed by atoms with E-state index in [9.17, 15) is 0 Å². The SMILES string of the molecule is CN(CCC1CNC1)CC1CCCO1. The van der Waals surface area contributed by atoms with Gasteiger partial charge in [-0.2, -0.15) is 0 Å². The minimum atomic E-state index is 0.513. The number of nitrogens with zero attached hydrogens (tertiary/aromatic N) is 1. The summed E-state index contributed by atoms with van der Waals surface area (Å²) in [6.45, 7) is 5.79. The van der Waals surface area contributed by atoms with Crippen LogP contribution in [0.15, 0.2) is 0 Å². The fourth-order valence-corrected chi connectivity index (χ4v) is 2.18. The van der Waals surface area contributed by atoms with Gasteiger partial charge in [0.05, 0.1) is 6.10 Å². The van der Waals surface area contributed by atoms with E-state index in [4.69, 9.17) is 4.74 Å². The van der Waals surface area contributed by atoms with Gasteiger partial charge in [0.25, 0.3) is 0 Å². The van der Waals surface area contributed by atoms with Crippen molar-refractivity contribution in [2.45, 2.75) is 25.4 Å². The number of ether oxygens (including phenoxy) is 1. The van der Waals surface area contributed by atoms with Gasteiger partial charge in [0.2, 0.25) is 0 Å². The van der Waals surface area contributed by atoms with Gasteiger partial charge in [0.15, 0.2) is 0 Å². The van der Waals surface area contributed by atoms with Crippen molar-refractivity contribution in [3.05, 3.63) is 0 Å². The van der Waals surface area contributed by atoms with Crippen molar-refractivity contribution >= 4 is 0 Å². The van der Waals surface area contributed by atoms with Crippen molar-refractivity contribution in [3.8, 4) is 0 Å². The van der Waals surface area contributed by atoms with Gasteiger partial charge in [-0.15, -0.1) is 0 Å². The molecule has 1 atom stereocenters. The molecule has 0 aromatic heterocycles. The molecule has 2 aliphatic heterocycles. The van der Waals surface area contributed by atoms with E-state index >= 15 is 0 Å². The molecule has 0 amide bonds. The summed E-state index contributed by atoms with van der Waals surface area (Å²) in [6, 6.07) is 0. The molecule has 0 aromatic carbocycles. The van der Waals surface area contributed by atoms with E-state index in [1.165, 1.54) is 38.9 Å². The Balaban J connectivity index is 1.55. The van der Waals surface area contributed by atoms with Crippen LogP contribution in [0.3, 0.4) is 0 Å². The van der Waals surface area contributed by atoms with Crippen LogP contribution in [0.2, 0.25) is 0 Å². The second-order valence-electron chi connectivity index (χ2n) is 4.71. The van der Waals surface area contributed by atoms with E-state index in [-0.39, 0.29) is 0 Å². The van der Waals surface area contributed by atoms with E-state index in [1.54, 1.807) is 0 Å². The molecule has 2 aliphatic rings. The topological polar surface area (TPSA) is 24.5 Å². The highest BCUT2D eigenvalue weighted by Crippen LogP contribution is 2.14. The summed E-state index contributed by atoms with van der Waals surface area (Å²) in [5, 5.41) is 3.31. The summed E-state index contributed by atoms with van der Waals surface area (Å²) >= 11 is 0. The molecule has 1 unspecified atom stereocenters. The first kappa shape index (κ1) is 10.4. The third-order valence-electron chi connectivity index (χ3n) is 3.32. The minimum Gasteiger partial charge on any atom is -0.377 e. The summed E-state index contributed by atoms with van der Waals surface area (Å²) in [6.07, 6.45) is 4.37. The summed E-state index contributed by atoms with van der Waals surface area (Å²) in [4.78, 5) is 2.42. The molecule has 0 saturated carbocycles. The number of rotatable bonds is 5. The van der Waals surface area contributed by atoms with Gasteiger partial charge < -0.3 is 15.0 Å². The van der Waals surface area contributed by atoms with Crippen molar-refractivity contribution in [1.29, 1.82) is 0 Å².